The molecule has 0 spiro atoms. The van der Waals surface area contributed by atoms with E-state index >= 15 is 0 Å². The standard InChI is InChI=1S/C12H20O2/c1-5-8-12(9-6-2,10-7-3)14-11-13-4/h5-7H,1-3,8-11H2,4H3. The summed E-state index contributed by atoms with van der Waals surface area (Å²) in [5.41, 5.74) is -0.277. The van der Waals surface area contributed by atoms with Gasteiger partial charge in [-0.25, -0.2) is 0 Å². The van der Waals surface area contributed by atoms with Gasteiger partial charge in [0.2, 0.25) is 0 Å². The van der Waals surface area contributed by atoms with Crippen LogP contribution in [0.3, 0.4) is 0 Å². The molecule has 14 heavy (non-hydrogen) atoms. The third kappa shape index (κ3) is 4.40. The van der Waals surface area contributed by atoms with Crippen LogP contribution in [0.1, 0.15) is 19.3 Å². The molecule has 2 heteroatoms. The van der Waals surface area contributed by atoms with Crippen LogP contribution in [0.2, 0.25) is 0 Å². The first kappa shape index (κ1) is 13.1. The highest BCUT2D eigenvalue weighted by Crippen LogP contribution is 2.26. The number of ether oxygens (including phenoxy) is 2. The van der Waals surface area contributed by atoms with E-state index in [0.29, 0.717) is 0 Å². The van der Waals surface area contributed by atoms with Gasteiger partial charge in [-0.05, 0) is 19.3 Å². The van der Waals surface area contributed by atoms with Gasteiger partial charge in [-0.2, -0.15) is 0 Å². The van der Waals surface area contributed by atoms with E-state index in [9.17, 15) is 0 Å². The molecule has 0 aromatic heterocycles. The van der Waals surface area contributed by atoms with Gasteiger partial charge in [0, 0.05) is 7.11 Å². The molecule has 0 N–H and O–H groups in total. The maximum atomic E-state index is 5.66. The first-order valence-electron chi connectivity index (χ1n) is 4.70. The van der Waals surface area contributed by atoms with Crippen molar-refractivity contribution in [1.29, 1.82) is 0 Å². The molecule has 0 fully saturated rings. The van der Waals surface area contributed by atoms with Crippen molar-refractivity contribution in [3.8, 4) is 0 Å². The Morgan fingerprint density at radius 3 is 1.71 bits per heavy atom. The quantitative estimate of drug-likeness (QED) is 0.417. The highest BCUT2D eigenvalue weighted by atomic mass is 16.7. The minimum absolute atomic E-state index is 0.277. The SMILES string of the molecule is C=CCC(CC=C)(CC=C)OCOC. The normalized spacial score (nSPS) is 10.9. The molecule has 0 aliphatic heterocycles. The molecular formula is C12H20O2. The van der Waals surface area contributed by atoms with E-state index < -0.39 is 0 Å². The minimum atomic E-state index is -0.277. The fraction of sp³-hybridized carbons (Fsp3) is 0.500. The van der Waals surface area contributed by atoms with E-state index in [1.54, 1.807) is 7.11 Å². The zero-order chi connectivity index (χ0) is 10.9. The summed E-state index contributed by atoms with van der Waals surface area (Å²) < 4.78 is 10.6. The molecule has 0 aromatic rings. The van der Waals surface area contributed by atoms with Crippen molar-refractivity contribution in [2.75, 3.05) is 13.9 Å². The predicted molar refractivity (Wildman–Crippen MR) is 60.1 cm³/mol. The van der Waals surface area contributed by atoms with E-state index in [1.807, 2.05) is 18.2 Å². The second kappa shape index (κ2) is 7.54. The highest BCUT2D eigenvalue weighted by Gasteiger charge is 2.26. The van der Waals surface area contributed by atoms with Crippen molar-refractivity contribution in [3.05, 3.63) is 38.0 Å². The fourth-order valence-corrected chi connectivity index (χ4v) is 1.40. The molecule has 0 rings (SSSR count). The second-order valence-corrected chi connectivity index (χ2v) is 3.21. The van der Waals surface area contributed by atoms with E-state index in [-0.39, 0.29) is 12.4 Å². The molecule has 0 saturated heterocycles. The molecule has 0 amide bonds. The van der Waals surface area contributed by atoms with E-state index in [0.717, 1.165) is 19.3 Å². The lowest BCUT2D eigenvalue weighted by Crippen LogP contribution is -2.31. The number of hydrogen-bond donors (Lipinski definition) is 0. The molecule has 0 radical (unpaired) electrons. The Hall–Kier alpha value is -0.860. The number of rotatable bonds is 9. The van der Waals surface area contributed by atoms with Gasteiger partial charge >= 0.3 is 0 Å². The monoisotopic (exact) mass is 196 g/mol. The van der Waals surface area contributed by atoms with Crippen LogP contribution >= 0.6 is 0 Å². The van der Waals surface area contributed by atoms with Crippen molar-refractivity contribution in [3.63, 3.8) is 0 Å². The topological polar surface area (TPSA) is 18.5 Å². The summed E-state index contributed by atoms with van der Waals surface area (Å²) in [7, 11) is 1.61. The predicted octanol–water partition coefficient (Wildman–Crippen LogP) is 3.07. The van der Waals surface area contributed by atoms with Crippen molar-refractivity contribution in [2.24, 2.45) is 0 Å². The third-order valence-electron chi connectivity index (χ3n) is 2.03. The van der Waals surface area contributed by atoms with Gasteiger partial charge in [0.1, 0.15) is 6.79 Å². The Labute approximate surface area is 86.9 Å². The average Bonchev–Trinajstić information content (AvgIpc) is 2.16. The summed E-state index contributed by atoms with van der Waals surface area (Å²) in [5.74, 6) is 0. The first-order chi connectivity index (χ1) is 6.74. The maximum absolute atomic E-state index is 5.66. The Morgan fingerprint density at radius 1 is 1.00 bits per heavy atom. The van der Waals surface area contributed by atoms with Crippen LogP contribution in [0.4, 0.5) is 0 Å². The largest absolute Gasteiger partial charge is 0.359 e. The number of methoxy groups -OCH3 is 1. The van der Waals surface area contributed by atoms with Crippen molar-refractivity contribution in [2.45, 2.75) is 24.9 Å². The fourth-order valence-electron chi connectivity index (χ4n) is 1.40. The summed E-state index contributed by atoms with van der Waals surface area (Å²) in [6, 6.07) is 0. The first-order valence-corrected chi connectivity index (χ1v) is 4.70. The zero-order valence-electron chi connectivity index (χ0n) is 9.00. The summed E-state index contributed by atoms with van der Waals surface area (Å²) in [5, 5.41) is 0. The van der Waals surface area contributed by atoms with Crippen molar-refractivity contribution in [1.82, 2.24) is 0 Å². The van der Waals surface area contributed by atoms with Gasteiger partial charge in [-0.1, -0.05) is 18.2 Å². The van der Waals surface area contributed by atoms with Crippen LogP contribution in [-0.4, -0.2) is 19.5 Å². The van der Waals surface area contributed by atoms with Crippen molar-refractivity contribution < 1.29 is 9.47 Å². The smallest absolute Gasteiger partial charge is 0.147 e. The summed E-state index contributed by atoms with van der Waals surface area (Å²) in [6.07, 6.45) is 7.87. The lowest BCUT2D eigenvalue weighted by atomic mass is 9.91. The Bertz CT molecular complexity index is 158. The van der Waals surface area contributed by atoms with Crippen LogP contribution in [0.25, 0.3) is 0 Å². The number of hydrogen-bond acceptors (Lipinski definition) is 2. The molecule has 0 aliphatic rings. The molecule has 2 nitrogen and oxygen atoms in total. The molecule has 80 valence electrons. The zero-order valence-corrected chi connectivity index (χ0v) is 9.00. The minimum Gasteiger partial charge on any atom is -0.359 e. The molecule has 0 aliphatic carbocycles. The van der Waals surface area contributed by atoms with E-state index in [1.165, 1.54) is 0 Å². The van der Waals surface area contributed by atoms with Gasteiger partial charge in [-0.3, -0.25) is 0 Å². The lowest BCUT2D eigenvalue weighted by molar-refractivity contribution is -0.127. The van der Waals surface area contributed by atoms with Crippen LogP contribution in [0.15, 0.2) is 38.0 Å². The Kier molecular flexibility index (Phi) is 7.07. The molecule has 0 aromatic carbocycles. The van der Waals surface area contributed by atoms with Gasteiger partial charge in [0.25, 0.3) is 0 Å². The van der Waals surface area contributed by atoms with Crippen LogP contribution in [0, 0.1) is 0 Å². The lowest BCUT2D eigenvalue weighted by Gasteiger charge is -2.30. The van der Waals surface area contributed by atoms with Crippen LogP contribution in [0.5, 0.6) is 0 Å². The van der Waals surface area contributed by atoms with E-state index in [4.69, 9.17) is 9.47 Å². The average molecular weight is 196 g/mol. The molecular weight excluding hydrogens is 176 g/mol. The molecule has 0 atom stereocenters. The summed E-state index contributed by atoms with van der Waals surface area (Å²) in [4.78, 5) is 0. The van der Waals surface area contributed by atoms with Crippen LogP contribution < -0.4 is 0 Å². The van der Waals surface area contributed by atoms with E-state index in [2.05, 4.69) is 19.7 Å². The maximum Gasteiger partial charge on any atom is 0.147 e. The highest BCUT2D eigenvalue weighted by molar-refractivity contribution is 4.97. The molecule has 0 saturated carbocycles. The van der Waals surface area contributed by atoms with Gasteiger partial charge < -0.3 is 9.47 Å². The molecule has 0 bridgehead atoms. The summed E-state index contributed by atoms with van der Waals surface area (Å²) in [6.45, 7) is 11.5. The van der Waals surface area contributed by atoms with Gasteiger partial charge in [0.15, 0.2) is 0 Å². The van der Waals surface area contributed by atoms with Crippen LogP contribution in [-0.2, 0) is 9.47 Å². The Morgan fingerprint density at radius 2 is 1.43 bits per heavy atom. The second-order valence-electron chi connectivity index (χ2n) is 3.21. The van der Waals surface area contributed by atoms with Crippen molar-refractivity contribution >= 4 is 0 Å². The molecule has 0 heterocycles. The third-order valence-corrected chi connectivity index (χ3v) is 2.03. The van der Waals surface area contributed by atoms with Gasteiger partial charge in [0.05, 0.1) is 5.60 Å². The molecule has 0 unspecified atom stereocenters. The summed E-state index contributed by atoms with van der Waals surface area (Å²) >= 11 is 0. The van der Waals surface area contributed by atoms with Gasteiger partial charge in [-0.15, -0.1) is 19.7 Å². The Balaban J connectivity index is 4.43.